The van der Waals surface area contributed by atoms with E-state index < -0.39 is 0 Å². The van der Waals surface area contributed by atoms with Crippen LogP contribution < -0.4 is 25.2 Å². The van der Waals surface area contributed by atoms with Crippen LogP contribution in [0.2, 0.25) is 0 Å². The molecular formula is C29H29N5O4. The van der Waals surface area contributed by atoms with Crippen molar-refractivity contribution in [2.24, 2.45) is 0 Å². The number of hydrogen-bond donors (Lipinski definition) is 2. The number of nitrogens with zero attached hydrogens (tertiary/aromatic N) is 3. The van der Waals surface area contributed by atoms with Crippen molar-refractivity contribution in [2.75, 3.05) is 37.0 Å². The summed E-state index contributed by atoms with van der Waals surface area (Å²) in [6.45, 7) is 3.73. The Morgan fingerprint density at radius 1 is 1.13 bits per heavy atom. The van der Waals surface area contributed by atoms with Crippen LogP contribution in [0.25, 0.3) is 0 Å². The molecule has 1 aromatic carbocycles. The smallest absolute Gasteiger partial charge is 0.271 e. The minimum atomic E-state index is -0.308. The van der Waals surface area contributed by atoms with Crippen molar-refractivity contribution in [3.05, 3.63) is 100.0 Å². The number of H-pyrrole nitrogens is 1. The van der Waals surface area contributed by atoms with Crippen LogP contribution in [0.4, 0.5) is 11.4 Å². The largest absolute Gasteiger partial charge is 0.497 e. The lowest BCUT2D eigenvalue weighted by Crippen LogP contribution is -2.41. The van der Waals surface area contributed by atoms with E-state index in [-0.39, 0.29) is 17.7 Å². The van der Waals surface area contributed by atoms with Crippen LogP contribution in [0.5, 0.6) is 17.2 Å². The SMILES string of the molecule is COc1ccnc(C(C)Nc2ccc3c(c2)Cc2ccnc(C4CN(c5ccc[nH]c5=O)CCO4)c2O3)c1. The van der Waals surface area contributed by atoms with Gasteiger partial charge in [-0.2, -0.15) is 0 Å². The zero-order valence-corrected chi connectivity index (χ0v) is 21.3. The average Bonchev–Trinajstić information content (AvgIpc) is 2.96. The van der Waals surface area contributed by atoms with Crippen molar-refractivity contribution >= 4 is 11.4 Å². The molecule has 2 unspecified atom stereocenters. The van der Waals surface area contributed by atoms with Gasteiger partial charge in [0, 0.05) is 54.4 Å². The first-order chi connectivity index (χ1) is 18.6. The third-order valence-corrected chi connectivity index (χ3v) is 6.99. The molecule has 3 aromatic heterocycles. The van der Waals surface area contributed by atoms with Gasteiger partial charge in [-0.25, -0.2) is 0 Å². The third-order valence-electron chi connectivity index (χ3n) is 6.99. The molecule has 0 aliphatic carbocycles. The van der Waals surface area contributed by atoms with E-state index >= 15 is 0 Å². The molecule has 2 N–H and O–H groups in total. The number of morpholine rings is 1. The van der Waals surface area contributed by atoms with Crippen LogP contribution in [0, 0.1) is 0 Å². The van der Waals surface area contributed by atoms with E-state index in [9.17, 15) is 4.79 Å². The van der Waals surface area contributed by atoms with Crippen LogP contribution in [0.1, 0.15) is 41.6 Å². The summed E-state index contributed by atoms with van der Waals surface area (Å²) in [5.74, 6) is 2.32. The number of benzene rings is 1. The molecule has 2 aliphatic heterocycles. The van der Waals surface area contributed by atoms with Gasteiger partial charge in [0.25, 0.3) is 5.56 Å². The number of ether oxygens (including phenoxy) is 3. The third kappa shape index (κ3) is 4.68. The molecule has 38 heavy (non-hydrogen) atoms. The molecule has 2 aliphatic rings. The predicted octanol–water partition coefficient (Wildman–Crippen LogP) is 4.62. The Hall–Kier alpha value is -4.37. The quantitative estimate of drug-likeness (QED) is 0.341. The number of rotatable bonds is 6. The summed E-state index contributed by atoms with van der Waals surface area (Å²) in [5.41, 5.74) is 5.32. The Labute approximate surface area is 220 Å². The highest BCUT2D eigenvalue weighted by Crippen LogP contribution is 2.42. The molecule has 0 bridgehead atoms. The summed E-state index contributed by atoms with van der Waals surface area (Å²) in [4.78, 5) is 26.3. The standard InChI is InChI=1S/C29H29N5O4/c1-18(23-16-22(36-2)8-11-30-23)33-21-5-6-25-20(15-21)14-19-7-10-31-27(28(19)38-25)26-17-34(12-13-37-26)24-4-3-9-32-29(24)35/h3-11,15-16,18,26,33H,12-14,17H2,1-2H3,(H,32,35). The number of aromatic nitrogens is 3. The Bertz CT molecular complexity index is 1520. The van der Waals surface area contributed by atoms with Gasteiger partial charge in [0.05, 0.1) is 32.0 Å². The van der Waals surface area contributed by atoms with Gasteiger partial charge in [-0.1, -0.05) is 0 Å². The van der Waals surface area contributed by atoms with Crippen LogP contribution in [0.3, 0.4) is 0 Å². The van der Waals surface area contributed by atoms with Crippen molar-refractivity contribution in [1.29, 1.82) is 0 Å². The molecular weight excluding hydrogens is 482 g/mol. The fourth-order valence-electron chi connectivity index (χ4n) is 5.03. The van der Waals surface area contributed by atoms with Crippen molar-refractivity contribution in [1.82, 2.24) is 15.0 Å². The first kappa shape index (κ1) is 24.0. The van der Waals surface area contributed by atoms with Gasteiger partial charge in [0.15, 0.2) is 5.75 Å². The van der Waals surface area contributed by atoms with Crippen molar-refractivity contribution in [3.8, 4) is 17.2 Å². The molecule has 0 radical (unpaired) electrons. The maximum absolute atomic E-state index is 12.3. The number of aromatic amines is 1. The van der Waals surface area contributed by atoms with E-state index in [1.807, 2.05) is 47.4 Å². The molecule has 1 fully saturated rings. The molecule has 9 nitrogen and oxygen atoms in total. The highest BCUT2D eigenvalue weighted by molar-refractivity contribution is 5.58. The minimum Gasteiger partial charge on any atom is -0.497 e. The zero-order chi connectivity index (χ0) is 26.1. The number of nitrogens with one attached hydrogen (secondary N) is 2. The molecule has 2 atom stereocenters. The summed E-state index contributed by atoms with van der Waals surface area (Å²) in [7, 11) is 1.65. The van der Waals surface area contributed by atoms with E-state index in [0.29, 0.717) is 25.4 Å². The van der Waals surface area contributed by atoms with E-state index in [4.69, 9.17) is 14.2 Å². The van der Waals surface area contributed by atoms with E-state index in [1.165, 1.54) is 0 Å². The van der Waals surface area contributed by atoms with Crippen LogP contribution >= 0.6 is 0 Å². The maximum atomic E-state index is 12.3. The molecule has 0 amide bonds. The Balaban J connectivity index is 1.21. The van der Waals surface area contributed by atoms with Gasteiger partial charge >= 0.3 is 0 Å². The Morgan fingerprint density at radius 2 is 2.03 bits per heavy atom. The monoisotopic (exact) mass is 511 g/mol. The summed E-state index contributed by atoms with van der Waals surface area (Å²) in [5, 5.41) is 3.53. The fourth-order valence-corrected chi connectivity index (χ4v) is 5.03. The maximum Gasteiger partial charge on any atom is 0.271 e. The predicted molar refractivity (Wildman–Crippen MR) is 144 cm³/mol. The Kier molecular flexibility index (Phi) is 6.43. The van der Waals surface area contributed by atoms with Crippen molar-refractivity contribution < 1.29 is 14.2 Å². The molecule has 194 valence electrons. The molecule has 9 heteroatoms. The topological polar surface area (TPSA) is 102 Å². The first-order valence-electron chi connectivity index (χ1n) is 12.7. The molecule has 0 spiro atoms. The van der Waals surface area contributed by atoms with Gasteiger partial charge in [-0.05, 0) is 49.4 Å². The van der Waals surface area contributed by atoms with Crippen LogP contribution in [-0.2, 0) is 11.2 Å². The van der Waals surface area contributed by atoms with Gasteiger partial charge in [-0.3, -0.25) is 14.8 Å². The number of pyridine rings is 3. The molecule has 6 rings (SSSR count). The number of anilines is 2. The summed E-state index contributed by atoms with van der Waals surface area (Å²) >= 11 is 0. The number of hydrogen-bond acceptors (Lipinski definition) is 8. The van der Waals surface area contributed by atoms with Crippen molar-refractivity contribution in [2.45, 2.75) is 25.5 Å². The van der Waals surface area contributed by atoms with Gasteiger partial charge < -0.3 is 29.4 Å². The molecule has 0 saturated carbocycles. The highest BCUT2D eigenvalue weighted by atomic mass is 16.5. The molecule has 5 heterocycles. The zero-order valence-electron chi connectivity index (χ0n) is 21.3. The lowest BCUT2D eigenvalue weighted by molar-refractivity contribution is 0.0354. The second-order valence-electron chi connectivity index (χ2n) is 9.46. The summed E-state index contributed by atoms with van der Waals surface area (Å²) in [6, 6.07) is 15.6. The van der Waals surface area contributed by atoms with Crippen LogP contribution in [0.15, 0.2) is 71.9 Å². The second-order valence-corrected chi connectivity index (χ2v) is 9.46. The Morgan fingerprint density at radius 3 is 2.89 bits per heavy atom. The van der Waals surface area contributed by atoms with E-state index in [1.54, 1.807) is 25.7 Å². The van der Waals surface area contributed by atoms with E-state index in [2.05, 4.69) is 33.3 Å². The summed E-state index contributed by atoms with van der Waals surface area (Å²) < 4.78 is 17.9. The fraction of sp³-hybridized carbons (Fsp3) is 0.276. The first-order valence-corrected chi connectivity index (χ1v) is 12.7. The molecule has 4 aromatic rings. The van der Waals surface area contributed by atoms with E-state index in [0.717, 1.165) is 51.9 Å². The lowest BCUT2D eigenvalue weighted by atomic mass is 9.98. The number of methoxy groups -OCH3 is 1. The van der Waals surface area contributed by atoms with Gasteiger partial charge in [-0.15, -0.1) is 0 Å². The number of fused-ring (bicyclic) bond motifs is 2. The van der Waals surface area contributed by atoms with Gasteiger partial charge in [0.2, 0.25) is 0 Å². The summed E-state index contributed by atoms with van der Waals surface area (Å²) in [6.07, 6.45) is 5.61. The second kappa shape index (κ2) is 10.2. The van der Waals surface area contributed by atoms with Crippen LogP contribution in [-0.4, -0.2) is 41.8 Å². The normalized spacial score (nSPS) is 17.1. The average molecular weight is 512 g/mol. The lowest BCUT2D eigenvalue weighted by Gasteiger charge is -2.35. The van der Waals surface area contributed by atoms with Crippen molar-refractivity contribution in [3.63, 3.8) is 0 Å². The highest BCUT2D eigenvalue weighted by Gasteiger charge is 2.30. The van der Waals surface area contributed by atoms with Gasteiger partial charge in [0.1, 0.15) is 29.0 Å². The minimum absolute atomic E-state index is 0.000930. The molecule has 1 saturated heterocycles.